The molecule has 1 fully saturated rings. The molecule has 2 rings (SSSR count). The van der Waals surface area contributed by atoms with Crippen LogP contribution in [0.5, 0.6) is 0 Å². The number of carbonyl (C=O) groups is 1. The van der Waals surface area contributed by atoms with Gasteiger partial charge in [0.2, 0.25) is 5.91 Å². The van der Waals surface area contributed by atoms with Crippen molar-refractivity contribution in [3.63, 3.8) is 0 Å². The fourth-order valence-electron chi connectivity index (χ4n) is 2.79. The van der Waals surface area contributed by atoms with Crippen LogP contribution in [-0.2, 0) is 4.79 Å². The van der Waals surface area contributed by atoms with E-state index in [-0.39, 0.29) is 5.91 Å². The molecule has 0 bridgehead atoms. The Balaban J connectivity index is 1.81. The molecule has 0 aliphatic carbocycles. The van der Waals surface area contributed by atoms with Crippen LogP contribution >= 0.6 is 11.6 Å². The third kappa shape index (κ3) is 4.99. The lowest BCUT2D eigenvalue weighted by atomic mass is 9.94. The number of aryl methyl sites for hydroxylation is 1. The predicted molar refractivity (Wildman–Crippen MR) is 87.7 cm³/mol. The van der Waals surface area contributed by atoms with Gasteiger partial charge >= 0.3 is 0 Å². The molecule has 1 aliphatic rings. The molecule has 1 aliphatic heterocycles. The Bertz CT molecular complexity index is 484. The molecule has 0 saturated carbocycles. The van der Waals surface area contributed by atoms with E-state index in [0.29, 0.717) is 11.6 Å². The van der Waals surface area contributed by atoms with Gasteiger partial charge < -0.3 is 11.1 Å². The summed E-state index contributed by atoms with van der Waals surface area (Å²) in [6.45, 7) is 5.13. The summed E-state index contributed by atoms with van der Waals surface area (Å²) in [4.78, 5) is 14.3. The molecule has 1 heterocycles. The molecule has 1 aromatic rings. The van der Waals surface area contributed by atoms with Gasteiger partial charge in [0.15, 0.2) is 0 Å². The van der Waals surface area contributed by atoms with Crippen molar-refractivity contribution in [2.45, 2.75) is 26.2 Å². The highest BCUT2D eigenvalue weighted by atomic mass is 35.5. The molecular formula is C16H24ClN3O. The third-order valence-electron chi connectivity index (χ3n) is 4.12. The van der Waals surface area contributed by atoms with Gasteiger partial charge in [0, 0.05) is 10.7 Å². The molecule has 0 spiro atoms. The number of nitrogens with two attached hydrogens (primary N) is 1. The monoisotopic (exact) mass is 309 g/mol. The Morgan fingerprint density at radius 3 is 2.81 bits per heavy atom. The second-order valence-electron chi connectivity index (χ2n) is 5.80. The normalized spacial score (nSPS) is 16.9. The Morgan fingerprint density at radius 1 is 1.43 bits per heavy atom. The van der Waals surface area contributed by atoms with Crippen LogP contribution in [0.2, 0.25) is 5.02 Å². The summed E-state index contributed by atoms with van der Waals surface area (Å²) in [5.41, 5.74) is 7.42. The van der Waals surface area contributed by atoms with Crippen LogP contribution in [0, 0.1) is 12.8 Å². The van der Waals surface area contributed by atoms with Crippen molar-refractivity contribution in [1.82, 2.24) is 4.90 Å². The molecule has 1 amide bonds. The highest BCUT2D eigenvalue weighted by Gasteiger charge is 2.20. The first-order valence-electron chi connectivity index (χ1n) is 7.57. The largest absolute Gasteiger partial charge is 0.330 e. The maximum absolute atomic E-state index is 12.1. The smallest absolute Gasteiger partial charge is 0.238 e. The van der Waals surface area contributed by atoms with Crippen LogP contribution in [0.15, 0.2) is 18.2 Å². The van der Waals surface area contributed by atoms with Crippen LogP contribution in [-0.4, -0.2) is 37.0 Å². The number of likely N-dealkylation sites (tertiary alicyclic amines) is 1. The number of benzene rings is 1. The minimum Gasteiger partial charge on any atom is -0.330 e. The van der Waals surface area contributed by atoms with Crippen molar-refractivity contribution in [1.29, 1.82) is 0 Å². The van der Waals surface area contributed by atoms with E-state index in [1.54, 1.807) is 6.07 Å². The second kappa shape index (κ2) is 7.78. The molecule has 1 aromatic carbocycles. The quantitative estimate of drug-likeness (QED) is 0.879. The maximum atomic E-state index is 12.1. The summed E-state index contributed by atoms with van der Waals surface area (Å²) in [5, 5.41) is 3.59. The first kappa shape index (κ1) is 16.3. The van der Waals surface area contributed by atoms with Crippen LogP contribution in [0.1, 0.15) is 24.8 Å². The number of halogens is 1. The Kier molecular flexibility index (Phi) is 6.03. The number of piperidine rings is 1. The molecule has 21 heavy (non-hydrogen) atoms. The number of amides is 1. The van der Waals surface area contributed by atoms with E-state index in [0.717, 1.165) is 56.1 Å². The molecule has 4 nitrogen and oxygen atoms in total. The standard InChI is InChI=1S/C16H24ClN3O/c1-12-2-3-14(17)10-15(12)19-16(21)11-20-8-5-13(4-7-18)6-9-20/h2-3,10,13H,4-9,11,18H2,1H3,(H,19,21). The summed E-state index contributed by atoms with van der Waals surface area (Å²) in [6.07, 6.45) is 3.38. The Labute approximate surface area is 131 Å². The van der Waals surface area contributed by atoms with Crippen molar-refractivity contribution in [2.75, 3.05) is 31.5 Å². The van der Waals surface area contributed by atoms with E-state index in [2.05, 4.69) is 10.2 Å². The number of anilines is 1. The van der Waals surface area contributed by atoms with Gasteiger partial charge in [0.05, 0.1) is 6.54 Å². The predicted octanol–water partition coefficient (Wildman–Crippen LogP) is 2.65. The van der Waals surface area contributed by atoms with Crippen molar-refractivity contribution in [3.8, 4) is 0 Å². The fraction of sp³-hybridized carbons (Fsp3) is 0.562. The van der Waals surface area contributed by atoms with Crippen molar-refractivity contribution in [2.24, 2.45) is 11.7 Å². The zero-order valence-corrected chi connectivity index (χ0v) is 13.3. The average Bonchev–Trinajstić information content (AvgIpc) is 2.45. The summed E-state index contributed by atoms with van der Waals surface area (Å²) in [7, 11) is 0. The minimum atomic E-state index is 0.0256. The van der Waals surface area contributed by atoms with E-state index in [1.807, 2.05) is 19.1 Å². The molecule has 0 atom stereocenters. The summed E-state index contributed by atoms with van der Waals surface area (Å²) in [5.74, 6) is 0.752. The van der Waals surface area contributed by atoms with Gasteiger partial charge in [-0.25, -0.2) is 0 Å². The highest BCUT2D eigenvalue weighted by Crippen LogP contribution is 2.21. The third-order valence-corrected chi connectivity index (χ3v) is 4.36. The number of hydrogen-bond acceptors (Lipinski definition) is 3. The van der Waals surface area contributed by atoms with Crippen molar-refractivity contribution < 1.29 is 4.79 Å². The van der Waals surface area contributed by atoms with E-state index < -0.39 is 0 Å². The lowest BCUT2D eigenvalue weighted by molar-refractivity contribution is -0.117. The SMILES string of the molecule is Cc1ccc(Cl)cc1NC(=O)CN1CCC(CCN)CC1. The summed E-state index contributed by atoms with van der Waals surface area (Å²) < 4.78 is 0. The van der Waals surface area contributed by atoms with Crippen molar-refractivity contribution in [3.05, 3.63) is 28.8 Å². The zero-order chi connectivity index (χ0) is 15.2. The van der Waals surface area contributed by atoms with Crippen LogP contribution in [0.3, 0.4) is 0 Å². The number of carbonyl (C=O) groups excluding carboxylic acids is 1. The van der Waals surface area contributed by atoms with E-state index in [1.165, 1.54) is 0 Å². The van der Waals surface area contributed by atoms with Gasteiger partial charge in [-0.1, -0.05) is 17.7 Å². The fourth-order valence-corrected chi connectivity index (χ4v) is 2.96. The molecule has 0 aromatic heterocycles. The van der Waals surface area contributed by atoms with Gasteiger partial charge in [-0.2, -0.15) is 0 Å². The number of hydrogen-bond donors (Lipinski definition) is 2. The first-order chi connectivity index (χ1) is 10.1. The average molecular weight is 310 g/mol. The molecular weight excluding hydrogens is 286 g/mol. The van der Waals surface area contributed by atoms with Gasteiger partial charge in [0.1, 0.15) is 0 Å². The van der Waals surface area contributed by atoms with Crippen LogP contribution in [0.25, 0.3) is 0 Å². The molecule has 0 unspecified atom stereocenters. The minimum absolute atomic E-state index is 0.0256. The van der Waals surface area contributed by atoms with Gasteiger partial charge in [-0.15, -0.1) is 0 Å². The van der Waals surface area contributed by atoms with E-state index in [4.69, 9.17) is 17.3 Å². The lowest BCUT2D eigenvalue weighted by Crippen LogP contribution is -2.39. The summed E-state index contributed by atoms with van der Waals surface area (Å²) >= 11 is 5.97. The lowest BCUT2D eigenvalue weighted by Gasteiger charge is -2.31. The molecule has 0 radical (unpaired) electrons. The highest BCUT2D eigenvalue weighted by molar-refractivity contribution is 6.31. The number of rotatable bonds is 5. The first-order valence-corrected chi connectivity index (χ1v) is 7.94. The molecule has 3 N–H and O–H groups in total. The zero-order valence-electron chi connectivity index (χ0n) is 12.6. The number of nitrogens with zero attached hydrogens (tertiary/aromatic N) is 1. The molecule has 5 heteroatoms. The van der Waals surface area contributed by atoms with Gasteiger partial charge in [-0.05, 0) is 69.4 Å². The van der Waals surface area contributed by atoms with Gasteiger partial charge in [-0.3, -0.25) is 9.69 Å². The van der Waals surface area contributed by atoms with E-state index in [9.17, 15) is 4.79 Å². The maximum Gasteiger partial charge on any atom is 0.238 e. The van der Waals surface area contributed by atoms with E-state index >= 15 is 0 Å². The topological polar surface area (TPSA) is 58.4 Å². The Hall–Kier alpha value is -1.10. The van der Waals surface area contributed by atoms with Gasteiger partial charge in [0.25, 0.3) is 0 Å². The second-order valence-corrected chi connectivity index (χ2v) is 6.24. The number of nitrogens with one attached hydrogen (secondary N) is 1. The molecule has 1 saturated heterocycles. The molecule has 116 valence electrons. The van der Waals surface area contributed by atoms with Crippen LogP contribution < -0.4 is 11.1 Å². The Morgan fingerprint density at radius 2 is 2.14 bits per heavy atom. The van der Waals surface area contributed by atoms with Crippen molar-refractivity contribution >= 4 is 23.2 Å². The van der Waals surface area contributed by atoms with Crippen LogP contribution in [0.4, 0.5) is 5.69 Å². The summed E-state index contributed by atoms with van der Waals surface area (Å²) in [6, 6.07) is 5.54.